The van der Waals surface area contributed by atoms with Crippen LogP contribution >= 0.6 is 12.4 Å². The molecule has 0 aliphatic carbocycles. The van der Waals surface area contributed by atoms with Crippen LogP contribution in [0.25, 0.3) is 0 Å². The van der Waals surface area contributed by atoms with E-state index in [1.807, 2.05) is 6.92 Å². The Balaban J connectivity index is 0.00000324. The summed E-state index contributed by atoms with van der Waals surface area (Å²) in [6.07, 6.45) is 0.719. The molecule has 0 saturated carbocycles. The van der Waals surface area contributed by atoms with Crippen molar-refractivity contribution in [3.05, 3.63) is 30.1 Å². The van der Waals surface area contributed by atoms with Crippen LogP contribution in [0.3, 0.4) is 0 Å². The molecule has 0 aliphatic heterocycles. The molecule has 1 atom stereocenters. The Bertz CT molecular complexity index is 391. The first-order valence-corrected chi connectivity index (χ1v) is 6.05. The molecule has 0 saturated heterocycles. The molecular formula is C13H20ClFN2O2. The molecule has 0 fully saturated rings. The third-order valence-electron chi connectivity index (χ3n) is 2.48. The minimum Gasteiger partial charge on any atom is -0.486 e. The topological polar surface area (TPSA) is 64.4 Å². The van der Waals surface area contributed by atoms with Gasteiger partial charge in [-0.25, -0.2) is 4.39 Å². The lowest BCUT2D eigenvalue weighted by Gasteiger charge is -2.18. The number of halogens is 2. The van der Waals surface area contributed by atoms with E-state index in [1.54, 1.807) is 18.2 Å². The molecule has 4 nitrogen and oxygen atoms in total. The summed E-state index contributed by atoms with van der Waals surface area (Å²) < 4.78 is 18.9. The Morgan fingerprint density at radius 2 is 2.16 bits per heavy atom. The number of benzene rings is 1. The fourth-order valence-electron chi connectivity index (χ4n) is 1.44. The quantitative estimate of drug-likeness (QED) is 0.806. The van der Waals surface area contributed by atoms with Crippen molar-refractivity contribution in [2.45, 2.75) is 25.9 Å². The van der Waals surface area contributed by atoms with Gasteiger partial charge in [0.2, 0.25) is 5.91 Å². The average molecular weight is 291 g/mol. The van der Waals surface area contributed by atoms with Gasteiger partial charge in [-0.1, -0.05) is 19.1 Å². The van der Waals surface area contributed by atoms with Crippen molar-refractivity contribution in [2.75, 3.05) is 13.1 Å². The maximum Gasteiger partial charge on any atom is 0.221 e. The highest BCUT2D eigenvalue weighted by Gasteiger charge is 2.12. The highest BCUT2D eigenvalue weighted by molar-refractivity contribution is 5.85. The number of nitrogens with one attached hydrogen (secondary N) is 1. The van der Waals surface area contributed by atoms with Crippen molar-refractivity contribution < 1.29 is 13.9 Å². The first-order valence-electron chi connectivity index (χ1n) is 6.05. The van der Waals surface area contributed by atoms with E-state index < -0.39 is 5.82 Å². The predicted molar refractivity (Wildman–Crippen MR) is 75.0 cm³/mol. The van der Waals surface area contributed by atoms with Gasteiger partial charge in [0.15, 0.2) is 11.6 Å². The molecule has 1 unspecified atom stereocenters. The van der Waals surface area contributed by atoms with Crippen LogP contribution in [0.15, 0.2) is 24.3 Å². The summed E-state index contributed by atoms with van der Waals surface area (Å²) >= 11 is 0. The molecule has 1 aromatic carbocycles. The molecule has 1 amide bonds. The molecule has 0 radical (unpaired) electrons. The largest absolute Gasteiger partial charge is 0.486 e. The number of carbonyl (C=O) groups excluding carboxylic acids is 1. The third kappa shape index (κ3) is 6.40. The van der Waals surface area contributed by atoms with Gasteiger partial charge in [0.05, 0.1) is 6.54 Å². The van der Waals surface area contributed by atoms with Gasteiger partial charge in [0.1, 0.15) is 6.10 Å². The minimum atomic E-state index is -0.399. The molecule has 1 rings (SSSR count). The lowest BCUT2D eigenvalue weighted by Crippen LogP contribution is -2.35. The second-order valence-electron chi connectivity index (χ2n) is 3.92. The number of nitrogens with two attached hydrogens (primary N) is 1. The molecule has 19 heavy (non-hydrogen) atoms. The molecule has 0 heterocycles. The lowest BCUT2D eigenvalue weighted by molar-refractivity contribution is -0.121. The molecule has 108 valence electrons. The fourth-order valence-corrected chi connectivity index (χ4v) is 1.44. The van der Waals surface area contributed by atoms with Gasteiger partial charge in [-0.3, -0.25) is 4.79 Å². The molecule has 0 aromatic heterocycles. The van der Waals surface area contributed by atoms with E-state index in [2.05, 4.69) is 5.32 Å². The number of amides is 1. The molecule has 1 aromatic rings. The second kappa shape index (κ2) is 9.58. The van der Waals surface area contributed by atoms with Crippen LogP contribution in [0.4, 0.5) is 4.39 Å². The molecule has 6 heteroatoms. The van der Waals surface area contributed by atoms with Crippen molar-refractivity contribution in [2.24, 2.45) is 5.73 Å². The van der Waals surface area contributed by atoms with Gasteiger partial charge in [-0.05, 0) is 18.6 Å². The standard InChI is InChI=1S/C13H19FN2O2.ClH/c1-2-10(9-16-13(17)7-8-15)18-12-6-4-3-5-11(12)14;/h3-6,10H,2,7-9,15H2,1H3,(H,16,17);1H. The Kier molecular flexibility index (Phi) is 8.91. The summed E-state index contributed by atoms with van der Waals surface area (Å²) in [6.45, 7) is 2.58. The van der Waals surface area contributed by atoms with Gasteiger partial charge in [-0.2, -0.15) is 0 Å². The Morgan fingerprint density at radius 3 is 2.74 bits per heavy atom. The Labute approximate surface area is 118 Å². The van der Waals surface area contributed by atoms with E-state index >= 15 is 0 Å². The lowest BCUT2D eigenvalue weighted by atomic mass is 10.2. The monoisotopic (exact) mass is 290 g/mol. The van der Waals surface area contributed by atoms with Crippen molar-refractivity contribution in [3.63, 3.8) is 0 Å². The van der Waals surface area contributed by atoms with E-state index in [4.69, 9.17) is 10.5 Å². The van der Waals surface area contributed by atoms with Crippen LogP contribution in [-0.4, -0.2) is 25.1 Å². The van der Waals surface area contributed by atoms with Crippen LogP contribution in [0.1, 0.15) is 19.8 Å². The number of para-hydroxylation sites is 1. The van der Waals surface area contributed by atoms with E-state index in [0.717, 1.165) is 0 Å². The second-order valence-corrected chi connectivity index (χ2v) is 3.92. The number of carbonyl (C=O) groups is 1. The zero-order valence-electron chi connectivity index (χ0n) is 10.9. The third-order valence-corrected chi connectivity index (χ3v) is 2.48. The minimum absolute atomic E-state index is 0. The van der Waals surface area contributed by atoms with Crippen LogP contribution in [0.2, 0.25) is 0 Å². The normalized spacial score (nSPS) is 11.3. The fraction of sp³-hybridized carbons (Fsp3) is 0.462. The van der Waals surface area contributed by atoms with Crippen molar-refractivity contribution >= 4 is 18.3 Å². The van der Waals surface area contributed by atoms with Crippen molar-refractivity contribution in [1.29, 1.82) is 0 Å². The zero-order valence-corrected chi connectivity index (χ0v) is 11.7. The number of hydrogen-bond donors (Lipinski definition) is 2. The van der Waals surface area contributed by atoms with E-state index in [0.29, 0.717) is 19.5 Å². The van der Waals surface area contributed by atoms with Gasteiger partial charge in [-0.15, -0.1) is 12.4 Å². The predicted octanol–water partition coefficient (Wildman–Crippen LogP) is 1.87. The highest BCUT2D eigenvalue weighted by atomic mass is 35.5. The molecule has 0 bridgehead atoms. The zero-order chi connectivity index (χ0) is 13.4. The molecule has 3 N–H and O–H groups in total. The Morgan fingerprint density at radius 1 is 1.47 bits per heavy atom. The number of hydrogen-bond acceptors (Lipinski definition) is 3. The van der Waals surface area contributed by atoms with E-state index in [1.165, 1.54) is 6.07 Å². The average Bonchev–Trinajstić information content (AvgIpc) is 2.37. The van der Waals surface area contributed by atoms with Crippen LogP contribution in [0, 0.1) is 5.82 Å². The van der Waals surface area contributed by atoms with Crippen LogP contribution in [-0.2, 0) is 4.79 Å². The van der Waals surface area contributed by atoms with Gasteiger partial charge < -0.3 is 15.8 Å². The van der Waals surface area contributed by atoms with Gasteiger partial charge in [0.25, 0.3) is 0 Å². The summed E-state index contributed by atoms with van der Waals surface area (Å²) in [6, 6.07) is 6.22. The maximum atomic E-state index is 13.4. The van der Waals surface area contributed by atoms with Crippen LogP contribution in [0.5, 0.6) is 5.75 Å². The first kappa shape index (κ1) is 17.7. The highest BCUT2D eigenvalue weighted by Crippen LogP contribution is 2.17. The SMILES string of the molecule is CCC(CNC(=O)CCN)Oc1ccccc1F.Cl. The first-order chi connectivity index (χ1) is 8.67. The molecule has 0 spiro atoms. The van der Waals surface area contributed by atoms with Crippen molar-refractivity contribution in [1.82, 2.24) is 5.32 Å². The number of rotatable bonds is 7. The summed E-state index contributed by atoms with van der Waals surface area (Å²) in [5.41, 5.74) is 5.27. The van der Waals surface area contributed by atoms with Gasteiger partial charge >= 0.3 is 0 Å². The van der Waals surface area contributed by atoms with Crippen LogP contribution < -0.4 is 15.8 Å². The van der Waals surface area contributed by atoms with E-state index in [-0.39, 0.29) is 36.6 Å². The summed E-state index contributed by atoms with van der Waals surface area (Å²) in [5, 5.41) is 2.71. The molecule has 0 aliphatic rings. The summed E-state index contributed by atoms with van der Waals surface area (Å²) in [5.74, 6) is -0.310. The number of ether oxygens (including phenoxy) is 1. The molecular weight excluding hydrogens is 271 g/mol. The Hall–Kier alpha value is -1.33. The van der Waals surface area contributed by atoms with Crippen molar-refractivity contribution in [3.8, 4) is 5.75 Å². The maximum absolute atomic E-state index is 13.4. The summed E-state index contributed by atoms with van der Waals surface area (Å²) in [4.78, 5) is 11.3. The summed E-state index contributed by atoms with van der Waals surface area (Å²) in [7, 11) is 0. The smallest absolute Gasteiger partial charge is 0.221 e. The van der Waals surface area contributed by atoms with E-state index in [9.17, 15) is 9.18 Å². The van der Waals surface area contributed by atoms with Gasteiger partial charge in [0, 0.05) is 13.0 Å².